The van der Waals surface area contributed by atoms with Gasteiger partial charge in [-0.3, -0.25) is 14.8 Å². The van der Waals surface area contributed by atoms with Crippen LogP contribution in [-0.2, 0) is 4.74 Å². The van der Waals surface area contributed by atoms with E-state index >= 15 is 0 Å². The van der Waals surface area contributed by atoms with Crippen LogP contribution in [0.4, 0.5) is 14.9 Å². The molecule has 25 heavy (non-hydrogen) atoms. The lowest BCUT2D eigenvalue weighted by atomic mass is 10.1. The molecule has 0 spiro atoms. The van der Waals surface area contributed by atoms with E-state index in [1.165, 1.54) is 11.6 Å². The number of halogens is 1. The van der Waals surface area contributed by atoms with Gasteiger partial charge in [-0.25, -0.2) is 9.18 Å². The van der Waals surface area contributed by atoms with Crippen molar-refractivity contribution in [3.8, 4) is 5.88 Å². The van der Waals surface area contributed by atoms with Gasteiger partial charge in [0.2, 0.25) is 0 Å². The van der Waals surface area contributed by atoms with E-state index in [-0.39, 0.29) is 36.5 Å². The average molecular weight is 360 g/mol. The predicted molar refractivity (Wildman–Crippen MR) is 83.7 cm³/mol. The van der Waals surface area contributed by atoms with Gasteiger partial charge in [-0.2, -0.15) is 0 Å². The Morgan fingerprint density at radius 3 is 3.00 bits per heavy atom. The Balaban J connectivity index is 2.13. The number of carboxylic acid groups (broad SMARTS) is 1. The van der Waals surface area contributed by atoms with E-state index in [1.54, 1.807) is 6.92 Å². The van der Waals surface area contributed by atoms with Gasteiger partial charge in [-0.05, 0) is 20.3 Å². The van der Waals surface area contributed by atoms with Gasteiger partial charge in [-0.15, -0.1) is 5.10 Å². The standard InChI is InChI=1S/C14H21FN4O6/c1-8(16-14(20)21)3-6-25-13-12(19(22)23)9(2)18(17-13)11-4-5-24-7-10(11)15/h8,10-11,16H,3-7H2,1-2H3,(H,20,21). The molecule has 1 saturated heterocycles. The van der Waals surface area contributed by atoms with Gasteiger partial charge in [0.05, 0.1) is 24.2 Å². The molecule has 2 N–H and O–H groups in total. The fourth-order valence-electron chi connectivity index (χ4n) is 2.70. The molecule has 1 aliphatic rings. The third-order valence-electron chi connectivity index (χ3n) is 4.00. The molecule has 0 bridgehead atoms. The van der Waals surface area contributed by atoms with E-state index in [0.29, 0.717) is 19.4 Å². The van der Waals surface area contributed by atoms with E-state index in [1.807, 2.05) is 0 Å². The third kappa shape index (κ3) is 4.56. The van der Waals surface area contributed by atoms with Crippen LogP contribution in [0.1, 0.15) is 31.5 Å². The lowest BCUT2D eigenvalue weighted by Gasteiger charge is -2.26. The Hall–Kier alpha value is -2.43. The first-order chi connectivity index (χ1) is 11.8. The smallest absolute Gasteiger partial charge is 0.404 e. The van der Waals surface area contributed by atoms with Crippen molar-refractivity contribution < 1.29 is 28.7 Å². The molecule has 3 atom stereocenters. The normalized spacial score (nSPS) is 21.6. The number of carbonyl (C=O) groups is 1. The molecule has 1 aromatic heterocycles. The Morgan fingerprint density at radius 2 is 2.40 bits per heavy atom. The summed E-state index contributed by atoms with van der Waals surface area (Å²) in [4.78, 5) is 21.3. The van der Waals surface area contributed by atoms with Crippen LogP contribution in [0.5, 0.6) is 5.88 Å². The van der Waals surface area contributed by atoms with E-state index in [0.717, 1.165) is 0 Å². The third-order valence-corrected chi connectivity index (χ3v) is 4.00. The second kappa shape index (κ2) is 8.10. The summed E-state index contributed by atoms with van der Waals surface area (Å²) in [7, 11) is 0. The predicted octanol–water partition coefficient (Wildman–Crippen LogP) is 1.82. The first-order valence-electron chi connectivity index (χ1n) is 7.88. The second-order valence-corrected chi connectivity index (χ2v) is 5.88. The minimum atomic E-state index is -1.31. The van der Waals surface area contributed by atoms with Crippen molar-refractivity contribution in [2.75, 3.05) is 19.8 Å². The maximum absolute atomic E-state index is 14.1. The molecule has 11 heteroatoms. The number of nitrogens with zero attached hydrogens (tertiary/aromatic N) is 3. The van der Waals surface area contributed by atoms with Gasteiger partial charge in [0.25, 0.3) is 0 Å². The quantitative estimate of drug-likeness (QED) is 0.560. The highest BCUT2D eigenvalue weighted by molar-refractivity contribution is 5.64. The number of ether oxygens (including phenoxy) is 2. The van der Waals surface area contributed by atoms with Crippen molar-refractivity contribution >= 4 is 11.8 Å². The maximum Gasteiger partial charge on any atom is 0.404 e. The molecule has 0 saturated carbocycles. The van der Waals surface area contributed by atoms with Crippen LogP contribution < -0.4 is 10.1 Å². The summed E-state index contributed by atoms with van der Waals surface area (Å²) in [5.41, 5.74) is -0.0937. The highest BCUT2D eigenvalue weighted by atomic mass is 19.1. The van der Waals surface area contributed by atoms with Gasteiger partial charge in [-0.1, -0.05) is 0 Å². The van der Waals surface area contributed by atoms with Crippen LogP contribution in [0.3, 0.4) is 0 Å². The number of nitro groups is 1. The number of hydrogen-bond acceptors (Lipinski definition) is 6. The van der Waals surface area contributed by atoms with Gasteiger partial charge in [0, 0.05) is 19.1 Å². The van der Waals surface area contributed by atoms with Crippen molar-refractivity contribution in [2.24, 2.45) is 0 Å². The zero-order valence-corrected chi connectivity index (χ0v) is 14.0. The number of hydrogen-bond donors (Lipinski definition) is 2. The van der Waals surface area contributed by atoms with Crippen molar-refractivity contribution in [1.82, 2.24) is 15.1 Å². The number of aromatic nitrogens is 2. The summed E-state index contributed by atoms with van der Waals surface area (Å²) in [6.07, 6.45) is -1.80. The molecular formula is C14H21FN4O6. The molecule has 10 nitrogen and oxygen atoms in total. The lowest BCUT2D eigenvalue weighted by molar-refractivity contribution is -0.386. The van der Waals surface area contributed by atoms with Crippen molar-refractivity contribution in [2.45, 2.75) is 44.9 Å². The zero-order chi connectivity index (χ0) is 18.6. The molecule has 1 aromatic rings. The van der Waals surface area contributed by atoms with E-state index < -0.39 is 23.2 Å². The van der Waals surface area contributed by atoms with Crippen molar-refractivity contribution in [1.29, 1.82) is 0 Å². The van der Waals surface area contributed by atoms with E-state index in [2.05, 4.69) is 10.4 Å². The Kier molecular flexibility index (Phi) is 6.12. The summed E-state index contributed by atoms with van der Waals surface area (Å²) >= 11 is 0. The Bertz CT molecular complexity index is 637. The molecule has 3 unspecified atom stereocenters. The Morgan fingerprint density at radius 1 is 1.68 bits per heavy atom. The topological polar surface area (TPSA) is 129 Å². The van der Waals surface area contributed by atoms with Crippen LogP contribution in [0.15, 0.2) is 0 Å². The van der Waals surface area contributed by atoms with Gasteiger partial charge in [0.1, 0.15) is 11.9 Å². The average Bonchev–Trinajstić information content (AvgIpc) is 2.83. The fraction of sp³-hybridized carbons (Fsp3) is 0.714. The molecule has 0 radical (unpaired) electrons. The van der Waals surface area contributed by atoms with Crippen molar-refractivity contribution in [3.05, 3.63) is 15.8 Å². The maximum atomic E-state index is 14.1. The number of nitrogens with one attached hydrogen (secondary N) is 1. The first-order valence-corrected chi connectivity index (χ1v) is 7.88. The highest BCUT2D eigenvalue weighted by Crippen LogP contribution is 2.34. The van der Waals surface area contributed by atoms with Gasteiger partial charge in [0.15, 0.2) is 0 Å². The molecule has 0 aromatic carbocycles. The number of rotatable bonds is 7. The molecule has 2 rings (SSSR count). The largest absolute Gasteiger partial charge is 0.472 e. The van der Waals surface area contributed by atoms with Crippen LogP contribution in [0.25, 0.3) is 0 Å². The van der Waals surface area contributed by atoms with Gasteiger partial charge < -0.3 is 19.9 Å². The highest BCUT2D eigenvalue weighted by Gasteiger charge is 2.34. The first kappa shape index (κ1) is 18.9. The summed E-state index contributed by atoms with van der Waals surface area (Å²) in [5, 5.41) is 26.3. The van der Waals surface area contributed by atoms with Crippen LogP contribution in [0.2, 0.25) is 0 Å². The Labute approximate surface area is 143 Å². The zero-order valence-electron chi connectivity index (χ0n) is 14.0. The van der Waals surface area contributed by atoms with Crippen LogP contribution >= 0.6 is 0 Å². The van der Waals surface area contributed by atoms with Gasteiger partial charge >= 0.3 is 17.7 Å². The summed E-state index contributed by atoms with van der Waals surface area (Å²) < 4.78 is 25.8. The van der Waals surface area contributed by atoms with Crippen LogP contribution in [0, 0.1) is 17.0 Å². The summed E-state index contributed by atoms with van der Waals surface area (Å²) in [6.45, 7) is 3.45. The molecule has 0 aliphatic carbocycles. The SMILES string of the molecule is Cc1c([N+](=O)[O-])c(OCCC(C)NC(=O)O)nn1C1CCOCC1F. The van der Waals surface area contributed by atoms with Crippen molar-refractivity contribution in [3.63, 3.8) is 0 Å². The van der Waals surface area contributed by atoms with E-state index in [9.17, 15) is 19.3 Å². The van der Waals surface area contributed by atoms with E-state index in [4.69, 9.17) is 14.6 Å². The molecule has 1 amide bonds. The fourth-order valence-corrected chi connectivity index (χ4v) is 2.70. The molecular weight excluding hydrogens is 339 g/mol. The molecule has 2 heterocycles. The van der Waals surface area contributed by atoms with Crippen LogP contribution in [-0.4, -0.2) is 57.9 Å². The second-order valence-electron chi connectivity index (χ2n) is 5.88. The summed E-state index contributed by atoms with van der Waals surface area (Å²) in [6, 6.07) is -1.03. The molecule has 140 valence electrons. The molecule has 1 aliphatic heterocycles. The minimum Gasteiger partial charge on any atom is -0.472 e. The molecule has 1 fully saturated rings. The monoisotopic (exact) mass is 360 g/mol. The number of amides is 1. The minimum absolute atomic E-state index is 0.0333. The number of alkyl halides is 1. The lowest BCUT2D eigenvalue weighted by Crippen LogP contribution is -2.32. The summed E-state index contributed by atoms with van der Waals surface area (Å²) in [5.74, 6) is -0.191.